The molecule has 0 amide bonds. The Bertz CT molecular complexity index is 1060. The van der Waals surface area contributed by atoms with Crippen LogP contribution in [0.4, 0.5) is 5.69 Å². The lowest BCUT2D eigenvalue weighted by atomic mass is 9.98. The minimum atomic E-state index is -1.01. The van der Waals surface area contributed by atoms with Crippen LogP contribution in [0, 0.1) is 0 Å². The van der Waals surface area contributed by atoms with Gasteiger partial charge in [-0.05, 0) is 54.7 Å². The molecule has 3 aromatic rings. The van der Waals surface area contributed by atoms with E-state index in [1.54, 1.807) is 0 Å². The van der Waals surface area contributed by atoms with Gasteiger partial charge in [-0.25, -0.2) is 9.48 Å². The van der Waals surface area contributed by atoms with E-state index in [0.29, 0.717) is 6.54 Å². The standard InChI is InChI=1S/C26H26BrN2O/c27-23-14-16-24(17-15-23)28-19-26(30,29-18-6-2-5-9-25(28)29)22-12-10-21(11-13-22)20-7-3-1-4-8-20/h1,3-4,7-8,10-17,30H,2,5-6,9,18-19H2/q+1/t26-/m1/s1. The molecule has 2 aliphatic heterocycles. The Balaban J connectivity index is 1.53. The highest BCUT2D eigenvalue weighted by molar-refractivity contribution is 9.10. The van der Waals surface area contributed by atoms with Crippen molar-refractivity contribution in [3.8, 4) is 11.1 Å². The van der Waals surface area contributed by atoms with Crippen LogP contribution in [-0.2, 0) is 5.72 Å². The number of halogens is 1. The quantitative estimate of drug-likeness (QED) is 0.501. The van der Waals surface area contributed by atoms with E-state index in [1.165, 1.54) is 29.8 Å². The SMILES string of the molecule is O[C@@]1(c2ccc(-c3ccccc3)cc2)CN(c2ccc(Br)cc2)C2=[N+]1CCCCC2. The summed E-state index contributed by atoms with van der Waals surface area (Å²) in [5, 5.41) is 12.0. The largest absolute Gasteiger partial charge is 0.346 e. The predicted octanol–water partition coefficient (Wildman–Crippen LogP) is 5.77. The molecule has 0 spiro atoms. The smallest absolute Gasteiger partial charge is 0.271 e. The Hall–Kier alpha value is -2.43. The lowest BCUT2D eigenvalue weighted by Crippen LogP contribution is -2.41. The molecule has 2 aliphatic rings. The van der Waals surface area contributed by atoms with Crippen molar-refractivity contribution in [2.75, 3.05) is 18.0 Å². The molecule has 152 valence electrons. The third-order valence-corrected chi connectivity index (χ3v) is 6.85. The van der Waals surface area contributed by atoms with Gasteiger partial charge in [0.2, 0.25) is 0 Å². The highest BCUT2D eigenvalue weighted by atomic mass is 79.9. The molecule has 1 atom stereocenters. The average molecular weight is 462 g/mol. The number of hydrogen-bond acceptors (Lipinski definition) is 2. The van der Waals surface area contributed by atoms with Crippen molar-refractivity contribution < 1.29 is 9.68 Å². The molecule has 1 N–H and O–H groups in total. The number of amidine groups is 1. The summed E-state index contributed by atoms with van der Waals surface area (Å²) in [4.78, 5) is 2.31. The summed E-state index contributed by atoms with van der Waals surface area (Å²) in [7, 11) is 0. The first-order valence-corrected chi connectivity index (χ1v) is 11.5. The zero-order chi connectivity index (χ0) is 20.6. The van der Waals surface area contributed by atoms with Crippen molar-refractivity contribution >= 4 is 27.5 Å². The molecule has 4 heteroatoms. The summed E-state index contributed by atoms with van der Waals surface area (Å²) in [5.74, 6) is 1.24. The van der Waals surface area contributed by atoms with Crippen LogP contribution < -0.4 is 4.90 Å². The molecule has 30 heavy (non-hydrogen) atoms. The van der Waals surface area contributed by atoms with Gasteiger partial charge in [0, 0.05) is 16.5 Å². The second-order valence-corrected chi connectivity index (χ2v) is 9.12. The van der Waals surface area contributed by atoms with Crippen molar-refractivity contribution in [3.63, 3.8) is 0 Å². The number of aliphatic hydroxyl groups is 1. The summed E-state index contributed by atoms with van der Waals surface area (Å²) in [5.41, 5.74) is 3.45. The number of hydrogen-bond donors (Lipinski definition) is 1. The van der Waals surface area contributed by atoms with Crippen molar-refractivity contribution in [1.82, 2.24) is 0 Å². The van der Waals surface area contributed by atoms with Gasteiger partial charge < -0.3 is 5.11 Å². The van der Waals surface area contributed by atoms with Crippen LogP contribution in [0.3, 0.4) is 0 Å². The van der Waals surface area contributed by atoms with Gasteiger partial charge in [0.25, 0.3) is 11.6 Å². The summed E-state index contributed by atoms with van der Waals surface area (Å²) in [6.07, 6.45) is 4.49. The predicted molar refractivity (Wildman–Crippen MR) is 126 cm³/mol. The first-order valence-electron chi connectivity index (χ1n) is 10.7. The molecule has 0 aliphatic carbocycles. The maximum atomic E-state index is 12.0. The summed E-state index contributed by atoms with van der Waals surface area (Å²) < 4.78 is 3.32. The van der Waals surface area contributed by atoms with E-state index in [4.69, 9.17) is 0 Å². The van der Waals surface area contributed by atoms with Gasteiger partial charge in [0.15, 0.2) is 6.54 Å². The Kier molecular flexibility index (Phi) is 5.21. The maximum Gasteiger partial charge on any atom is 0.271 e. The molecule has 0 saturated heterocycles. The van der Waals surface area contributed by atoms with E-state index in [2.05, 4.69) is 98.2 Å². The zero-order valence-corrected chi connectivity index (χ0v) is 18.6. The highest BCUT2D eigenvalue weighted by Crippen LogP contribution is 2.36. The van der Waals surface area contributed by atoms with Gasteiger partial charge in [-0.15, -0.1) is 0 Å². The molecule has 0 unspecified atom stereocenters. The first-order chi connectivity index (χ1) is 14.6. The Morgan fingerprint density at radius 1 is 0.800 bits per heavy atom. The average Bonchev–Trinajstić information content (AvgIpc) is 2.94. The fraction of sp³-hybridized carbons (Fsp3) is 0.269. The van der Waals surface area contributed by atoms with Crippen molar-refractivity contribution in [3.05, 3.63) is 88.9 Å². The van der Waals surface area contributed by atoms with Gasteiger partial charge in [0.1, 0.15) is 5.69 Å². The Morgan fingerprint density at radius 2 is 1.50 bits per heavy atom. The molecular weight excluding hydrogens is 436 g/mol. The van der Waals surface area contributed by atoms with Gasteiger partial charge in [-0.1, -0.05) is 70.5 Å². The fourth-order valence-electron chi connectivity index (χ4n) is 4.74. The van der Waals surface area contributed by atoms with Crippen molar-refractivity contribution in [1.29, 1.82) is 0 Å². The maximum absolute atomic E-state index is 12.0. The van der Waals surface area contributed by atoms with Crippen molar-refractivity contribution in [2.45, 2.75) is 31.4 Å². The van der Waals surface area contributed by atoms with E-state index >= 15 is 0 Å². The minimum Gasteiger partial charge on any atom is -0.346 e. The van der Waals surface area contributed by atoms with Crippen LogP contribution in [0.25, 0.3) is 11.1 Å². The Labute approximate surface area is 186 Å². The number of rotatable bonds is 3. The summed E-state index contributed by atoms with van der Waals surface area (Å²) in [6, 6.07) is 27.2. The van der Waals surface area contributed by atoms with Gasteiger partial charge >= 0.3 is 0 Å². The first kappa shape index (κ1) is 19.5. The molecule has 0 fully saturated rings. The summed E-state index contributed by atoms with van der Waals surface area (Å²) >= 11 is 3.54. The highest BCUT2D eigenvalue weighted by Gasteiger charge is 2.51. The third kappa shape index (κ3) is 3.48. The number of anilines is 1. The lowest BCUT2D eigenvalue weighted by Gasteiger charge is -2.24. The topological polar surface area (TPSA) is 26.5 Å². The molecule has 0 aromatic heterocycles. The van der Waals surface area contributed by atoms with E-state index in [0.717, 1.165) is 35.1 Å². The monoisotopic (exact) mass is 461 g/mol. The van der Waals surface area contributed by atoms with Gasteiger partial charge in [0.05, 0.1) is 6.54 Å². The van der Waals surface area contributed by atoms with E-state index < -0.39 is 5.72 Å². The van der Waals surface area contributed by atoms with E-state index in [-0.39, 0.29) is 0 Å². The van der Waals surface area contributed by atoms with Crippen LogP contribution in [-0.4, -0.2) is 28.6 Å². The van der Waals surface area contributed by atoms with Crippen LogP contribution >= 0.6 is 15.9 Å². The normalized spacial score (nSPS) is 21.5. The molecular formula is C26H26BrN2O+. The third-order valence-electron chi connectivity index (χ3n) is 6.32. The van der Waals surface area contributed by atoms with E-state index in [1.807, 2.05) is 6.07 Å². The number of β-amino-alcohol motifs (C(OH)–C–C–N with tert-alkyl or cyclic N) is 1. The van der Waals surface area contributed by atoms with Crippen LogP contribution in [0.15, 0.2) is 83.3 Å². The molecule has 0 bridgehead atoms. The molecule has 0 saturated carbocycles. The molecule has 5 rings (SSSR count). The molecule has 3 aromatic carbocycles. The second kappa shape index (κ2) is 8.01. The zero-order valence-electron chi connectivity index (χ0n) is 17.0. The summed E-state index contributed by atoms with van der Waals surface area (Å²) in [6.45, 7) is 1.44. The van der Waals surface area contributed by atoms with Gasteiger partial charge in [-0.2, -0.15) is 0 Å². The fourth-order valence-corrected chi connectivity index (χ4v) is 5.00. The second-order valence-electron chi connectivity index (χ2n) is 8.20. The van der Waals surface area contributed by atoms with Gasteiger partial charge in [-0.3, -0.25) is 0 Å². The number of benzene rings is 3. The van der Waals surface area contributed by atoms with Crippen molar-refractivity contribution in [2.24, 2.45) is 0 Å². The molecule has 0 radical (unpaired) electrons. The molecule has 2 heterocycles. The van der Waals surface area contributed by atoms with E-state index in [9.17, 15) is 5.11 Å². The van der Waals surface area contributed by atoms with Crippen LogP contribution in [0.5, 0.6) is 0 Å². The van der Waals surface area contributed by atoms with Crippen LogP contribution in [0.1, 0.15) is 31.2 Å². The minimum absolute atomic E-state index is 0.550. The number of nitrogens with zero attached hydrogens (tertiary/aromatic N) is 2. The molecule has 3 nitrogen and oxygen atoms in total. The Morgan fingerprint density at radius 3 is 2.23 bits per heavy atom. The van der Waals surface area contributed by atoms with Crippen LogP contribution in [0.2, 0.25) is 0 Å². The lowest BCUT2D eigenvalue weighted by molar-refractivity contribution is -0.658.